The van der Waals surface area contributed by atoms with Crippen LogP contribution in [0.25, 0.3) is 0 Å². The van der Waals surface area contributed by atoms with Crippen LogP contribution in [0.3, 0.4) is 0 Å². The van der Waals surface area contributed by atoms with Crippen molar-refractivity contribution in [3.05, 3.63) is 0 Å². The molecule has 1 N–H and O–H groups in total. The highest BCUT2D eigenvalue weighted by Gasteiger charge is 2.33. The van der Waals surface area contributed by atoms with Crippen molar-refractivity contribution < 1.29 is 0 Å². The quantitative estimate of drug-likeness (QED) is 0.770. The number of nitrogens with zero attached hydrogens (tertiary/aromatic N) is 1. The lowest BCUT2D eigenvalue weighted by molar-refractivity contribution is 0.0345. The topological polar surface area (TPSA) is 15.3 Å². The Bertz CT molecular complexity index is 189. The van der Waals surface area contributed by atoms with Crippen molar-refractivity contribution in [1.82, 2.24) is 10.2 Å². The van der Waals surface area contributed by atoms with E-state index in [9.17, 15) is 0 Å². The first-order valence-electron chi connectivity index (χ1n) is 6.51. The molecule has 2 nitrogen and oxygen atoms in total. The Kier molecular flexibility index (Phi) is 4.60. The Morgan fingerprint density at radius 3 is 2.47 bits per heavy atom. The molecule has 0 aromatic heterocycles. The minimum atomic E-state index is 0.372. The van der Waals surface area contributed by atoms with Gasteiger partial charge in [-0.3, -0.25) is 4.90 Å². The minimum absolute atomic E-state index is 0.372. The molecule has 1 heterocycles. The molecule has 0 spiro atoms. The highest BCUT2D eigenvalue weighted by molar-refractivity contribution is 4.90. The van der Waals surface area contributed by atoms with Crippen LogP contribution in [0, 0.1) is 0 Å². The van der Waals surface area contributed by atoms with E-state index in [1.54, 1.807) is 0 Å². The average Bonchev–Trinajstić information content (AvgIpc) is 2.18. The second-order valence-electron chi connectivity index (χ2n) is 5.49. The predicted octanol–water partition coefficient (Wildman–Crippen LogP) is 2.64. The number of likely N-dealkylation sites (tertiary alicyclic amines) is 1. The van der Waals surface area contributed by atoms with Crippen LogP contribution in [-0.4, -0.2) is 35.6 Å². The molecule has 2 atom stereocenters. The fourth-order valence-corrected chi connectivity index (χ4v) is 2.75. The third-order valence-corrected chi connectivity index (χ3v) is 4.01. The van der Waals surface area contributed by atoms with Crippen LogP contribution < -0.4 is 5.32 Å². The number of piperidine rings is 1. The van der Waals surface area contributed by atoms with Gasteiger partial charge < -0.3 is 5.32 Å². The lowest BCUT2D eigenvalue weighted by atomic mass is 9.90. The van der Waals surface area contributed by atoms with Crippen molar-refractivity contribution in [2.45, 2.75) is 71.5 Å². The van der Waals surface area contributed by atoms with Crippen LogP contribution in [-0.2, 0) is 0 Å². The summed E-state index contributed by atoms with van der Waals surface area (Å²) in [5.41, 5.74) is 0.372. The Balaban J connectivity index is 2.52. The molecular formula is C13H28N2. The maximum absolute atomic E-state index is 3.58. The number of nitrogens with one attached hydrogen (secondary N) is 1. The molecule has 2 unspecified atom stereocenters. The minimum Gasteiger partial charge on any atom is -0.314 e. The molecule has 0 radical (unpaired) electrons. The first-order chi connectivity index (χ1) is 7.01. The van der Waals surface area contributed by atoms with Gasteiger partial charge in [-0.05, 0) is 46.6 Å². The maximum Gasteiger partial charge on any atom is 0.0153 e. The molecule has 1 fully saturated rings. The third-order valence-electron chi connectivity index (χ3n) is 4.01. The maximum atomic E-state index is 3.58. The summed E-state index contributed by atoms with van der Waals surface area (Å²) in [5, 5.41) is 3.58. The molecule has 1 rings (SSSR count). The summed E-state index contributed by atoms with van der Waals surface area (Å²) >= 11 is 0. The van der Waals surface area contributed by atoms with Crippen molar-refractivity contribution in [3.63, 3.8) is 0 Å². The average molecular weight is 212 g/mol. The van der Waals surface area contributed by atoms with Gasteiger partial charge in [0.15, 0.2) is 0 Å². The lowest BCUT2D eigenvalue weighted by Crippen LogP contribution is -2.55. The van der Waals surface area contributed by atoms with Crippen LogP contribution in [0.1, 0.15) is 53.9 Å². The van der Waals surface area contributed by atoms with Gasteiger partial charge in [0.25, 0.3) is 0 Å². The predicted molar refractivity (Wildman–Crippen MR) is 67.2 cm³/mol. The van der Waals surface area contributed by atoms with Gasteiger partial charge >= 0.3 is 0 Å². The summed E-state index contributed by atoms with van der Waals surface area (Å²) in [6.45, 7) is 14.0. The zero-order valence-electron chi connectivity index (χ0n) is 11.1. The Labute approximate surface area is 95.4 Å². The SMILES string of the molecule is CCNC1CCN(C(C)(C)CC)C(C)C1. The molecule has 1 aliphatic heterocycles. The summed E-state index contributed by atoms with van der Waals surface area (Å²) in [6.07, 6.45) is 3.85. The van der Waals surface area contributed by atoms with Gasteiger partial charge in [0.05, 0.1) is 0 Å². The second kappa shape index (κ2) is 5.31. The summed E-state index contributed by atoms with van der Waals surface area (Å²) in [5.74, 6) is 0. The largest absolute Gasteiger partial charge is 0.314 e. The molecule has 0 bridgehead atoms. The Morgan fingerprint density at radius 1 is 1.33 bits per heavy atom. The third kappa shape index (κ3) is 3.18. The van der Waals surface area contributed by atoms with Crippen LogP contribution in [0.4, 0.5) is 0 Å². The fraction of sp³-hybridized carbons (Fsp3) is 1.00. The highest BCUT2D eigenvalue weighted by Crippen LogP contribution is 2.27. The summed E-state index contributed by atoms with van der Waals surface area (Å²) < 4.78 is 0. The van der Waals surface area contributed by atoms with Crippen LogP contribution in [0.5, 0.6) is 0 Å². The molecule has 0 aliphatic carbocycles. The van der Waals surface area contributed by atoms with E-state index in [2.05, 4.69) is 44.8 Å². The second-order valence-corrected chi connectivity index (χ2v) is 5.49. The monoisotopic (exact) mass is 212 g/mol. The summed E-state index contributed by atoms with van der Waals surface area (Å²) in [6, 6.07) is 1.46. The molecule has 0 saturated carbocycles. The van der Waals surface area contributed by atoms with E-state index in [0.717, 1.165) is 18.6 Å². The normalized spacial score (nSPS) is 29.4. The summed E-state index contributed by atoms with van der Waals surface area (Å²) in [4.78, 5) is 2.68. The van der Waals surface area contributed by atoms with E-state index in [-0.39, 0.29) is 0 Å². The molecule has 1 aliphatic rings. The van der Waals surface area contributed by atoms with Gasteiger partial charge in [0.1, 0.15) is 0 Å². The van der Waals surface area contributed by atoms with E-state index in [4.69, 9.17) is 0 Å². The zero-order valence-corrected chi connectivity index (χ0v) is 11.1. The van der Waals surface area contributed by atoms with Gasteiger partial charge in [0.2, 0.25) is 0 Å². The van der Waals surface area contributed by atoms with Gasteiger partial charge in [-0.25, -0.2) is 0 Å². The molecule has 1 saturated heterocycles. The van der Waals surface area contributed by atoms with Crippen LogP contribution >= 0.6 is 0 Å². The number of hydrogen-bond acceptors (Lipinski definition) is 2. The number of hydrogen-bond donors (Lipinski definition) is 1. The van der Waals surface area contributed by atoms with Crippen molar-refractivity contribution in [2.24, 2.45) is 0 Å². The smallest absolute Gasteiger partial charge is 0.0153 e. The van der Waals surface area contributed by atoms with Crippen molar-refractivity contribution in [3.8, 4) is 0 Å². The zero-order chi connectivity index (χ0) is 11.5. The molecule has 15 heavy (non-hydrogen) atoms. The van der Waals surface area contributed by atoms with E-state index >= 15 is 0 Å². The standard InChI is InChI=1S/C13H28N2/c1-6-13(4,5)15-9-8-12(14-7-2)10-11(15)3/h11-12,14H,6-10H2,1-5H3. The van der Waals surface area contributed by atoms with E-state index in [1.165, 1.54) is 25.8 Å². The summed E-state index contributed by atoms with van der Waals surface area (Å²) in [7, 11) is 0. The molecule has 0 aromatic carbocycles. The lowest BCUT2D eigenvalue weighted by Gasteiger charge is -2.47. The van der Waals surface area contributed by atoms with Crippen molar-refractivity contribution >= 4 is 0 Å². The first-order valence-corrected chi connectivity index (χ1v) is 6.51. The van der Waals surface area contributed by atoms with Gasteiger partial charge in [-0.15, -0.1) is 0 Å². The molecule has 90 valence electrons. The van der Waals surface area contributed by atoms with Gasteiger partial charge in [-0.1, -0.05) is 13.8 Å². The Hall–Kier alpha value is -0.0800. The molecule has 2 heteroatoms. The highest BCUT2D eigenvalue weighted by atomic mass is 15.2. The van der Waals surface area contributed by atoms with E-state index in [0.29, 0.717) is 5.54 Å². The fourth-order valence-electron chi connectivity index (χ4n) is 2.75. The molecular weight excluding hydrogens is 184 g/mol. The van der Waals surface area contributed by atoms with Gasteiger partial charge in [-0.2, -0.15) is 0 Å². The van der Waals surface area contributed by atoms with Gasteiger partial charge in [0, 0.05) is 24.2 Å². The van der Waals surface area contributed by atoms with Crippen LogP contribution in [0.15, 0.2) is 0 Å². The number of rotatable bonds is 4. The Morgan fingerprint density at radius 2 is 2.00 bits per heavy atom. The first kappa shape index (κ1) is 13.0. The van der Waals surface area contributed by atoms with Crippen molar-refractivity contribution in [2.75, 3.05) is 13.1 Å². The molecule has 0 aromatic rings. The van der Waals surface area contributed by atoms with Crippen molar-refractivity contribution in [1.29, 1.82) is 0 Å². The van der Waals surface area contributed by atoms with Crippen LogP contribution in [0.2, 0.25) is 0 Å². The van der Waals surface area contributed by atoms with E-state index in [1.807, 2.05) is 0 Å². The van der Waals surface area contributed by atoms with E-state index < -0.39 is 0 Å². The molecule has 0 amide bonds.